The lowest BCUT2D eigenvalue weighted by atomic mass is 9.95. The smallest absolute Gasteiger partial charge is 0.345 e. The van der Waals surface area contributed by atoms with Crippen molar-refractivity contribution >= 4 is 23.2 Å². The summed E-state index contributed by atoms with van der Waals surface area (Å²) < 4.78 is 8.12. The molecule has 0 unspecified atom stereocenters. The summed E-state index contributed by atoms with van der Waals surface area (Å²) in [4.78, 5) is 37.5. The first-order chi connectivity index (χ1) is 14.4. The number of nitro groups is 1. The lowest BCUT2D eigenvalue weighted by Crippen LogP contribution is -2.38. The van der Waals surface area contributed by atoms with Gasteiger partial charge in [0.2, 0.25) is 0 Å². The summed E-state index contributed by atoms with van der Waals surface area (Å²) in [7, 11) is 1.57. The second-order valence-electron chi connectivity index (χ2n) is 7.09. The number of carbonyl (C=O) groups excluding carboxylic acids is 1. The molecule has 162 valence electrons. The van der Waals surface area contributed by atoms with Crippen molar-refractivity contribution in [3.8, 4) is 0 Å². The number of nitro benzene ring substituents is 1. The summed E-state index contributed by atoms with van der Waals surface area (Å²) >= 11 is 6.11. The molecular weight excluding hydrogens is 414 g/mol. The Hall–Kier alpha value is -2.72. The van der Waals surface area contributed by atoms with Gasteiger partial charge in [-0.3, -0.25) is 19.5 Å². The molecule has 0 radical (unpaired) electrons. The number of hydrogen-bond acceptors (Lipinski definition) is 6. The van der Waals surface area contributed by atoms with Gasteiger partial charge in [0.15, 0.2) is 0 Å². The molecule has 0 atom stereocenters. The van der Waals surface area contributed by atoms with Crippen LogP contribution in [-0.4, -0.2) is 56.9 Å². The van der Waals surface area contributed by atoms with Crippen molar-refractivity contribution in [3.05, 3.63) is 55.2 Å². The lowest BCUT2D eigenvalue weighted by molar-refractivity contribution is -0.384. The van der Waals surface area contributed by atoms with Crippen LogP contribution in [0.4, 0.5) is 5.69 Å². The van der Waals surface area contributed by atoms with Crippen molar-refractivity contribution < 1.29 is 14.5 Å². The largest absolute Gasteiger partial charge is 0.383 e. The molecule has 1 aromatic heterocycles. The molecular formula is C19H24ClN5O5. The van der Waals surface area contributed by atoms with Crippen molar-refractivity contribution in [1.29, 1.82) is 0 Å². The molecule has 1 fully saturated rings. The zero-order valence-corrected chi connectivity index (χ0v) is 17.7. The van der Waals surface area contributed by atoms with E-state index in [1.54, 1.807) is 16.6 Å². The highest BCUT2D eigenvalue weighted by molar-refractivity contribution is 6.33. The van der Waals surface area contributed by atoms with Gasteiger partial charge in [-0.05, 0) is 25.8 Å². The van der Waals surface area contributed by atoms with Crippen molar-refractivity contribution in [2.45, 2.75) is 38.8 Å². The number of aromatic nitrogens is 3. The number of nitrogens with zero attached hydrogens (tertiary/aromatic N) is 5. The van der Waals surface area contributed by atoms with Crippen LogP contribution >= 0.6 is 11.6 Å². The lowest BCUT2D eigenvalue weighted by Gasteiger charge is -2.31. The summed E-state index contributed by atoms with van der Waals surface area (Å²) in [5, 5.41) is 15.7. The minimum absolute atomic E-state index is 0.0473. The number of methoxy groups -OCH3 is 1. The molecule has 1 amide bonds. The fourth-order valence-corrected chi connectivity index (χ4v) is 3.88. The van der Waals surface area contributed by atoms with E-state index in [2.05, 4.69) is 5.10 Å². The first-order valence-corrected chi connectivity index (χ1v) is 10.1. The molecule has 0 aliphatic carbocycles. The Morgan fingerprint density at radius 3 is 2.67 bits per heavy atom. The number of ether oxygens (including phenoxy) is 1. The Balaban J connectivity index is 1.74. The van der Waals surface area contributed by atoms with Crippen LogP contribution < -0.4 is 5.69 Å². The SMILES string of the molecule is CCn1c(C2CCN(C(=O)c3cc([N+](=O)[O-])ccc3Cl)CC2)nn(CCOC)c1=O. The van der Waals surface area contributed by atoms with E-state index in [1.807, 2.05) is 6.92 Å². The van der Waals surface area contributed by atoms with Crippen molar-refractivity contribution in [2.75, 3.05) is 26.8 Å². The quantitative estimate of drug-likeness (QED) is 0.485. The highest BCUT2D eigenvalue weighted by Gasteiger charge is 2.30. The third-order valence-corrected chi connectivity index (χ3v) is 5.64. The number of amides is 1. The van der Waals surface area contributed by atoms with E-state index < -0.39 is 4.92 Å². The van der Waals surface area contributed by atoms with Crippen LogP contribution in [0.15, 0.2) is 23.0 Å². The maximum atomic E-state index is 12.9. The molecule has 2 aromatic rings. The first-order valence-electron chi connectivity index (χ1n) is 9.77. The van der Waals surface area contributed by atoms with Gasteiger partial charge < -0.3 is 9.64 Å². The number of rotatable bonds is 7. The van der Waals surface area contributed by atoms with E-state index in [0.717, 1.165) is 5.82 Å². The molecule has 0 N–H and O–H groups in total. The molecule has 0 spiro atoms. The summed E-state index contributed by atoms with van der Waals surface area (Å²) in [5.74, 6) is 0.436. The van der Waals surface area contributed by atoms with E-state index in [9.17, 15) is 19.7 Å². The van der Waals surface area contributed by atoms with E-state index in [1.165, 1.54) is 22.9 Å². The van der Waals surface area contributed by atoms with Crippen LogP contribution in [0.5, 0.6) is 0 Å². The van der Waals surface area contributed by atoms with E-state index >= 15 is 0 Å². The molecule has 0 bridgehead atoms. The minimum atomic E-state index is -0.552. The van der Waals surface area contributed by atoms with Gasteiger partial charge in [0.25, 0.3) is 11.6 Å². The highest BCUT2D eigenvalue weighted by atomic mass is 35.5. The average molecular weight is 438 g/mol. The van der Waals surface area contributed by atoms with Gasteiger partial charge in [0, 0.05) is 44.8 Å². The Bertz CT molecular complexity index is 994. The summed E-state index contributed by atoms with van der Waals surface area (Å²) in [6.45, 7) is 4.10. The Labute approximate surface area is 178 Å². The maximum Gasteiger partial charge on any atom is 0.345 e. The van der Waals surface area contributed by atoms with Gasteiger partial charge in [-0.2, -0.15) is 5.10 Å². The number of piperidine rings is 1. The van der Waals surface area contributed by atoms with Crippen LogP contribution in [-0.2, 0) is 17.8 Å². The van der Waals surface area contributed by atoms with Crippen molar-refractivity contribution in [1.82, 2.24) is 19.2 Å². The van der Waals surface area contributed by atoms with Crippen molar-refractivity contribution in [2.24, 2.45) is 0 Å². The zero-order chi connectivity index (χ0) is 21.8. The van der Waals surface area contributed by atoms with Gasteiger partial charge in [-0.1, -0.05) is 11.6 Å². The number of likely N-dealkylation sites (tertiary alicyclic amines) is 1. The van der Waals surface area contributed by atoms with E-state index in [0.29, 0.717) is 45.6 Å². The number of benzene rings is 1. The van der Waals surface area contributed by atoms with Gasteiger partial charge in [0.1, 0.15) is 5.82 Å². The van der Waals surface area contributed by atoms with Crippen molar-refractivity contribution in [3.63, 3.8) is 0 Å². The predicted molar refractivity (Wildman–Crippen MR) is 110 cm³/mol. The Morgan fingerprint density at radius 1 is 1.37 bits per heavy atom. The molecule has 0 saturated carbocycles. The van der Waals surface area contributed by atoms with Crippen LogP contribution in [0.3, 0.4) is 0 Å². The number of hydrogen-bond donors (Lipinski definition) is 0. The highest BCUT2D eigenvalue weighted by Crippen LogP contribution is 2.29. The standard InChI is InChI=1S/C19H24ClN5O5/c1-3-23-17(21-24(19(23)27)10-11-30-2)13-6-8-22(9-7-13)18(26)15-12-14(25(28)29)4-5-16(15)20/h4-5,12-13H,3,6-11H2,1-2H3. The molecule has 30 heavy (non-hydrogen) atoms. The zero-order valence-electron chi connectivity index (χ0n) is 16.9. The molecule has 10 nitrogen and oxygen atoms in total. The topological polar surface area (TPSA) is 112 Å². The summed E-state index contributed by atoms with van der Waals surface area (Å²) in [6.07, 6.45) is 1.28. The Kier molecular flexibility index (Phi) is 6.88. The predicted octanol–water partition coefficient (Wildman–Crippen LogP) is 2.29. The molecule has 1 saturated heterocycles. The van der Waals surface area contributed by atoms with Crippen LogP contribution in [0.25, 0.3) is 0 Å². The Morgan fingerprint density at radius 2 is 2.07 bits per heavy atom. The van der Waals surface area contributed by atoms with Crippen LogP contribution in [0.2, 0.25) is 5.02 Å². The molecule has 1 aromatic carbocycles. The molecule has 1 aliphatic rings. The summed E-state index contributed by atoms with van der Waals surface area (Å²) in [6, 6.07) is 3.85. The molecule has 3 rings (SSSR count). The minimum Gasteiger partial charge on any atom is -0.383 e. The fourth-order valence-electron chi connectivity index (χ4n) is 3.68. The molecule has 2 heterocycles. The van der Waals surface area contributed by atoms with Gasteiger partial charge in [0.05, 0.1) is 28.7 Å². The normalized spacial score (nSPS) is 14.8. The number of carbonyl (C=O) groups is 1. The average Bonchev–Trinajstić information content (AvgIpc) is 3.07. The molecule has 1 aliphatic heterocycles. The first kappa shape index (κ1) is 22.0. The van der Waals surface area contributed by atoms with Gasteiger partial charge in [-0.15, -0.1) is 0 Å². The third-order valence-electron chi connectivity index (χ3n) is 5.31. The second-order valence-corrected chi connectivity index (χ2v) is 7.50. The number of halogens is 1. The second kappa shape index (κ2) is 9.40. The van der Waals surface area contributed by atoms with Crippen LogP contribution in [0, 0.1) is 10.1 Å². The van der Waals surface area contributed by atoms with Gasteiger partial charge in [-0.25, -0.2) is 9.48 Å². The fraction of sp³-hybridized carbons (Fsp3) is 0.526. The maximum absolute atomic E-state index is 12.9. The van der Waals surface area contributed by atoms with Crippen LogP contribution in [0.1, 0.15) is 41.9 Å². The van der Waals surface area contributed by atoms with E-state index in [-0.39, 0.29) is 33.8 Å². The van der Waals surface area contributed by atoms with E-state index in [4.69, 9.17) is 16.3 Å². The monoisotopic (exact) mass is 437 g/mol. The molecule has 11 heteroatoms. The van der Waals surface area contributed by atoms with Gasteiger partial charge >= 0.3 is 5.69 Å². The summed E-state index contributed by atoms with van der Waals surface area (Å²) in [5.41, 5.74) is -0.212. The number of non-ortho nitro benzene ring substituents is 1. The third kappa shape index (κ3) is 4.39.